The average Bonchev–Trinajstić information content (AvgIpc) is 2.56. The summed E-state index contributed by atoms with van der Waals surface area (Å²) < 4.78 is 27.5. The van der Waals surface area contributed by atoms with Gasteiger partial charge in [-0.25, -0.2) is 4.57 Å². The van der Waals surface area contributed by atoms with Gasteiger partial charge in [0.25, 0.3) is 0 Å². The van der Waals surface area contributed by atoms with Crippen molar-refractivity contribution in [3.63, 3.8) is 0 Å². The van der Waals surface area contributed by atoms with E-state index in [1.54, 1.807) is 0 Å². The molecule has 22 heavy (non-hydrogen) atoms. The van der Waals surface area contributed by atoms with Crippen LogP contribution in [0.2, 0.25) is 0 Å². The van der Waals surface area contributed by atoms with Crippen LogP contribution in [0.3, 0.4) is 0 Å². The summed E-state index contributed by atoms with van der Waals surface area (Å²) in [4.78, 5) is 0. The first-order valence-corrected chi connectivity index (χ1v) is 8.36. The van der Waals surface area contributed by atoms with Gasteiger partial charge in [0.2, 0.25) is 0 Å². The van der Waals surface area contributed by atoms with Crippen molar-refractivity contribution in [2.24, 2.45) is 0 Å². The number of rotatable bonds is 8. The molecule has 0 aromatic heterocycles. The van der Waals surface area contributed by atoms with Crippen LogP contribution in [-0.4, -0.2) is 20.4 Å². The highest BCUT2D eigenvalue weighted by Crippen LogP contribution is 2.49. The second-order valence-electron chi connectivity index (χ2n) is 4.61. The van der Waals surface area contributed by atoms with E-state index in [2.05, 4.69) is 5.32 Å². The molecule has 2 rings (SSSR count). The smallest absolute Gasteiger partial charge is 0.359 e. The Labute approximate surface area is 130 Å². The molecule has 0 aliphatic rings. The van der Waals surface area contributed by atoms with Crippen LogP contribution in [0.25, 0.3) is 0 Å². The summed E-state index contributed by atoms with van der Waals surface area (Å²) in [5.74, 6) is 0. The summed E-state index contributed by atoms with van der Waals surface area (Å²) in [6.45, 7) is 0. The van der Waals surface area contributed by atoms with Crippen LogP contribution in [0.1, 0.15) is 5.56 Å². The van der Waals surface area contributed by atoms with E-state index in [0.29, 0.717) is 6.42 Å². The third-order valence-electron chi connectivity index (χ3n) is 3.07. The highest BCUT2D eigenvalue weighted by atomic mass is 31.2. The fraction of sp³-hybridized carbons (Fsp3) is 0.250. The van der Waals surface area contributed by atoms with Gasteiger partial charge in [-0.05, 0) is 17.7 Å². The van der Waals surface area contributed by atoms with E-state index in [9.17, 15) is 4.57 Å². The SMILES string of the molecule is COP(=O)(OC)OC(Cc1ccccc1)Nc1ccccc1. The first-order valence-electron chi connectivity index (χ1n) is 6.90. The Morgan fingerprint density at radius 3 is 2.05 bits per heavy atom. The number of hydrogen-bond acceptors (Lipinski definition) is 5. The zero-order valence-corrected chi connectivity index (χ0v) is 13.5. The van der Waals surface area contributed by atoms with E-state index < -0.39 is 14.1 Å². The van der Waals surface area contributed by atoms with E-state index in [1.165, 1.54) is 14.2 Å². The number of anilines is 1. The van der Waals surface area contributed by atoms with Crippen LogP contribution in [-0.2, 0) is 24.6 Å². The Kier molecular flexibility index (Phi) is 6.16. The summed E-state index contributed by atoms with van der Waals surface area (Å²) in [5, 5.41) is 3.20. The van der Waals surface area contributed by atoms with Crippen molar-refractivity contribution in [2.75, 3.05) is 19.5 Å². The second-order valence-corrected chi connectivity index (χ2v) is 6.44. The van der Waals surface area contributed by atoms with Crippen molar-refractivity contribution in [2.45, 2.75) is 12.6 Å². The van der Waals surface area contributed by atoms with Crippen molar-refractivity contribution >= 4 is 13.5 Å². The first-order chi connectivity index (χ1) is 10.6. The predicted octanol–water partition coefficient (Wildman–Crippen LogP) is 4.08. The maximum absolute atomic E-state index is 12.2. The summed E-state index contributed by atoms with van der Waals surface area (Å²) in [5.41, 5.74) is 1.91. The van der Waals surface area contributed by atoms with E-state index >= 15 is 0 Å². The lowest BCUT2D eigenvalue weighted by Gasteiger charge is -2.23. The summed E-state index contributed by atoms with van der Waals surface area (Å²) in [6, 6.07) is 19.4. The average molecular weight is 321 g/mol. The van der Waals surface area contributed by atoms with Gasteiger partial charge in [0.05, 0.1) is 0 Å². The standard InChI is InChI=1S/C16H20NO4P/c1-19-22(18,20-2)21-16(13-14-9-5-3-6-10-14)17-15-11-7-4-8-12-15/h3-12,16-17H,13H2,1-2H3. The maximum atomic E-state index is 12.2. The molecule has 0 aliphatic carbocycles. The lowest BCUT2D eigenvalue weighted by molar-refractivity contribution is 0.118. The summed E-state index contributed by atoms with van der Waals surface area (Å²) >= 11 is 0. The number of hydrogen-bond donors (Lipinski definition) is 1. The van der Waals surface area contributed by atoms with Crippen LogP contribution in [0, 0.1) is 0 Å². The molecule has 0 saturated carbocycles. The molecule has 5 nitrogen and oxygen atoms in total. The molecule has 0 fully saturated rings. The van der Waals surface area contributed by atoms with Crippen LogP contribution in [0.4, 0.5) is 5.69 Å². The van der Waals surface area contributed by atoms with Gasteiger partial charge in [-0.1, -0.05) is 48.5 Å². The monoisotopic (exact) mass is 321 g/mol. The Balaban J connectivity index is 2.15. The van der Waals surface area contributed by atoms with Crippen molar-refractivity contribution < 1.29 is 18.1 Å². The highest BCUT2D eigenvalue weighted by Gasteiger charge is 2.28. The largest absolute Gasteiger partial charge is 0.476 e. The number of para-hydroxylation sites is 1. The molecule has 0 amide bonds. The van der Waals surface area contributed by atoms with E-state index in [0.717, 1.165) is 11.3 Å². The minimum Gasteiger partial charge on any atom is -0.359 e. The van der Waals surface area contributed by atoms with Crippen molar-refractivity contribution in [3.8, 4) is 0 Å². The molecular weight excluding hydrogens is 301 g/mol. The van der Waals surface area contributed by atoms with Gasteiger partial charge in [-0.3, -0.25) is 13.6 Å². The molecule has 118 valence electrons. The topological polar surface area (TPSA) is 56.8 Å². The maximum Gasteiger partial charge on any atom is 0.476 e. The Hall–Kier alpha value is -1.65. The van der Waals surface area contributed by atoms with Crippen LogP contribution >= 0.6 is 7.82 Å². The quantitative estimate of drug-likeness (QED) is 0.586. The number of phosphoric ester groups is 1. The van der Waals surface area contributed by atoms with E-state index in [4.69, 9.17) is 13.6 Å². The third-order valence-corrected chi connectivity index (χ3v) is 4.48. The van der Waals surface area contributed by atoms with Gasteiger partial charge < -0.3 is 5.32 Å². The Bertz CT molecular complexity index is 557. The first kappa shape index (κ1) is 16.7. The normalized spacial score (nSPS) is 12.8. The Morgan fingerprint density at radius 2 is 1.50 bits per heavy atom. The lowest BCUT2D eigenvalue weighted by Crippen LogP contribution is -2.25. The van der Waals surface area contributed by atoms with Gasteiger partial charge >= 0.3 is 7.82 Å². The Morgan fingerprint density at radius 1 is 0.955 bits per heavy atom. The number of nitrogens with one attached hydrogen (secondary N) is 1. The molecule has 2 aromatic rings. The zero-order valence-electron chi connectivity index (χ0n) is 12.6. The molecule has 0 spiro atoms. The molecule has 0 aliphatic heterocycles. The third kappa shape index (κ3) is 4.97. The molecule has 2 aromatic carbocycles. The molecule has 1 N–H and O–H groups in total. The number of phosphoric acid groups is 1. The van der Waals surface area contributed by atoms with Crippen molar-refractivity contribution in [3.05, 3.63) is 66.2 Å². The van der Waals surface area contributed by atoms with Gasteiger partial charge in [0.1, 0.15) is 6.23 Å². The minimum atomic E-state index is -3.57. The van der Waals surface area contributed by atoms with Gasteiger partial charge in [-0.2, -0.15) is 0 Å². The summed E-state index contributed by atoms with van der Waals surface area (Å²) in [7, 11) is -0.978. The lowest BCUT2D eigenvalue weighted by atomic mass is 10.1. The van der Waals surface area contributed by atoms with Crippen molar-refractivity contribution in [1.29, 1.82) is 0 Å². The second kappa shape index (κ2) is 8.11. The van der Waals surface area contributed by atoms with Gasteiger partial charge in [0, 0.05) is 26.3 Å². The molecule has 6 heteroatoms. The molecule has 1 atom stereocenters. The fourth-order valence-electron chi connectivity index (χ4n) is 1.98. The highest BCUT2D eigenvalue weighted by molar-refractivity contribution is 7.48. The molecular formula is C16H20NO4P. The van der Waals surface area contributed by atoms with E-state index in [1.807, 2.05) is 60.7 Å². The van der Waals surface area contributed by atoms with Crippen LogP contribution < -0.4 is 5.32 Å². The fourth-order valence-corrected chi connectivity index (χ4v) is 2.74. The zero-order chi connectivity index (χ0) is 15.8. The molecule has 0 saturated heterocycles. The molecule has 0 radical (unpaired) electrons. The molecule has 0 heterocycles. The predicted molar refractivity (Wildman–Crippen MR) is 86.7 cm³/mol. The molecule has 0 bridgehead atoms. The minimum absolute atomic E-state index is 0.520. The van der Waals surface area contributed by atoms with Crippen molar-refractivity contribution in [1.82, 2.24) is 0 Å². The molecule has 1 unspecified atom stereocenters. The number of benzene rings is 2. The van der Waals surface area contributed by atoms with E-state index in [-0.39, 0.29) is 0 Å². The van der Waals surface area contributed by atoms with Crippen LogP contribution in [0.15, 0.2) is 60.7 Å². The summed E-state index contributed by atoms with van der Waals surface area (Å²) in [6.07, 6.45) is -0.0255. The van der Waals surface area contributed by atoms with Gasteiger partial charge in [0.15, 0.2) is 0 Å². The van der Waals surface area contributed by atoms with Gasteiger partial charge in [-0.15, -0.1) is 0 Å². The van der Waals surface area contributed by atoms with Crippen LogP contribution in [0.5, 0.6) is 0 Å².